The summed E-state index contributed by atoms with van der Waals surface area (Å²) in [5.41, 5.74) is 0.734. The molecule has 0 saturated carbocycles. The third-order valence-electron chi connectivity index (χ3n) is 5.89. The molecular weight excluding hydrogens is 371 g/mol. The number of benzene rings is 1. The SMILES string of the molecule is CN1CCC(C(=O)N2CCCC(c3nccnc3Oc3cccc(F)c3)C2)CC1. The van der Waals surface area contributed by atoms with Crippen LogP contribution in [0.15, 0.2) is 36.7 Å². The molecule has 2 aliphatic rings. The zero-order chi connectivity index (χ0) is 20.2. The van der Waals surface area contributed by atoms with Crippen LogP contribution < -0.4 is 4.74 Å². The zero-order valence-electron chi connectivity index (χ0n) is 16.8. The maximum atomic E-state index is 13.5. The van der Waals surface area contributed by atoms with Gasteiger partial charge in [-0.1, -0.05) is 6.07 Å². The summed E-state index contributed by atoms with van der Waals surface area (Å²) in [4.78, 5) is 26.2. The number of nitrogens with zero attached hydrogens (tertiary/aromatic N) is 4. The lowest BCUT2D eigenvalue weighted by Crippen LogP contribution is -2.45. The summed E-state index contributed by atoms with van der Waals surface area (Å²) < 4.78 is 19.3. The highest BCUT2D eigenvalue weighted by Crippen LogP contribution is 2.33. The number of hydrogen-bond donors (Lipinski definition) is 0. The van der Waals surface area contributed by atoms with Crippen molar-refractivity contribution in [1.82, 2.24) is 19.8 Å². The summed E-state index contributed by atoms with van der Waals surface area (Å²) in [6, 6.07) is 6.00. The van der Waals surface area contributed by atoms with Gasteiger partial charge in [0.05, 0.1) is 0 Å². The van der Waals surface area contributed by atoms with Gasteiger partial charge >= 0.3 is 0 Å². The first kappa shape index (κ1) is 19.8. The fraction of sp³-hybridized carbons (Fsp3) is 0.500. The Bertz CT molecular complexity index is 854. The van der Waals surface area contributed by atoms with E-state index in [-0.39, 0.29) is 23.6 Å². The molecule has 2 aromatic rings. The van der Waals surface area contributed by atoms with E-state index >= 15 is 0 Å². The number of rotatable bonds is 4. The van der Waals surface area contributed by atoms with Crippen molar-refractivity contribution in [3.05, 3.63) is 48.2 Å². The molecule has 2 fully saturated rings. The maximum absolute atomic E-state index is 13.5. The second-order valence-electron chi connectivity index (χ2n) is 8.01. The minimum Gasteiger partial charge on any atom is -0.437 e. The van der Waals surface area contributed by atoms with Crippen LogP contribution in [0.25, 0.3) is 0 Å². The molecule has 3 heterocycles. The van der Waals surface area contributed by atoms with Crippen molar-refractivity contribution in [2.75, 3.05) is 33.2 Å². The Morgan fingerprint density at radius 1 is 1.14 bits per heavy atom. The monoisotopic (exact) mass is 398 g/mol. The lowest BCUT2D eigenvalue weighted by molar-refractivity contribution is -0.138. The van der Waals surface area contributed by atoms with Crippen molar-refractivity contribution in [2.45, 2.75) is 31.6 Å². The summed E-state index contributed by atoms with van der Waals surface area (Å²) in [5.74, 6) is 0.865. The summed E-state index contributed by atoms with van der Waals surface area (Å²) in [6.07, 6.45) is 6.92. The van der Waals surface area contributed by atoms with E-state index in [4.69, 9.17) is 4.74 Å². The molecule has 0 bridgehead atoms. The molecular formula is C22H27FN4O2. The van der Waals surface area contributed by atoms with Crippen molar-refractivity contribution in [2.24, 2.45) is 5.92 Å². The van der Waals surface area contributed by atoms with E-state index in [1.54, 1.807) is 24.5 Å². The van der Waals surface area contributed by atoms with Gasteiger partial charge in [-0.2, -0.15) is 0 Å². The van der Waals surface area contributed by atoms with Gasteiger partial charge in [-0.05, 0) is 58.0 Å². The van der Waals surface area contributed by atoms with Gasteiger partial charge in [0.25, 0.3) is 0 Å². The first-order valence-electron chi connectivity index (χ1n) is 10.3. The Kier molecular flexibility index (Phi) is 6.04. The van der Waals surface area contributed by atoms with Crippen molar-refractivity contribution in [1.29, 1.82) is 0 Å². The Morgan fingerprint density at radius 3 is 2.72 bits per heavy atom. The number of carbonyl (C=O) groups excluding carboxylic acids is 1. The van der Waals surface area contributed by atoms with Crippen molar-refractivity contribution >= 4 is 5.91 Å². The highest BCUT2D eigenvalue weighted by Gasteiger charge is 2.32. The molecule has 154 valence electrons. The summed E-state index contributed by atoms with van der Waals surface area (Å²) in [5, 5.41) is 0. The highest BCUT2D eigenvalue weighted by atomic mass is 19.1. The molecule has 0 N–H and O–H groups in total. The summed E-state index contributed by atoms with van der Waals surface area (Å²) >= 11 is 0. The second-order valence-corrected chi connectivity index (χ2v) is 8.01. The molecule has 0 aliphatic carbocycles. The lowest BCUT2D eigenvalue weighted by atomic mass is 9.91. The maximum Gasteiger partial charge on any atom is 0.241 e. The highest BCUT2D eigenvalue weighted by molar-refractivity contribution is 5.79. The van der Waals surface area contributed by atoms with Crippen molar-refractivity contribution in [3.8, 4) is 11.6 Å². The van der Waals surface area contributed by atoms with Gasteiger partial charge in [-0.15, -0.1) is 0 Å². The van der Waals surface area contributed by atoms with Gasteiger partial charge in [-0.25, -0.2) is 9.37 Å². The average molecular weight is 398 g/mol. The molecule has 29 heavy (non-hydrogen) atoms. The van der Waals surface area contributed by atoms with Gasteiger partial charge < -0.3 is 14.5 Å². The molecule has 2 aliphatic heterocycles. The number of likely N-dealkylation sites (tertiary alicyclic amines) is 2. The van der Waals surface area contributed by atoms with Gasteiger partial charge in [0.1, 0.15) is 17.3 Å². The Hall–Kier alpha value is -2.54. The van der Waals surface area contributed by atoms with Crippen LogP contribution in [0.4, 0.5) is 4.39 Å². The largest absolute Gasteiger partial charge is 0.437 e. The number of amides is 1. The first-order chi connectivity index (χ1) is 14.1. The van der Waals surface area contributed by atoms with E-state index in [1.807, 2.05) is 4.90 Å². The number of carbonyl (C=O) groups is 1. The fourth-order valence-corrected chi connectivity index (χ4v) is 4.25. The molecule has 6 nitrogen and oxygen atoms in total. The van der Waals surface area contributed by atoms with E-state index in [0.717, 1.165) is 51.0 Å². The lowest BCUT2D eigenvalue weighted by Gasteiger charge is -2.37. The number of halogens is 1. The number of ether oxygens (including phenoxy) is 1. The van der Waals surface area contributed by atoms with E-state index in [2.05, 4.69) is 21.9 Å². The molecule has 1 amide bonds. The van der Waals surface area contributed by atoms with Crippen LogP contribution in [0.3, 0.4) is 0 Å². The Morgan fingerprint density at radius 2 is 1.93 bits per heavy atom. The van der Waals surface area contributed by atoms with Gasteiger partial charge in [0.2, 0.25) is 11.8 Å². The number of hydrogen-bond acceptors (Lipinski definition) is 5. The molecule has 1 aromatic heterocycles. The molecule has 1 unspecified atom stereocenters. The fourth-order valence-electron chi connectivity index (χ4n) is 4.25. The summed E-state index contributed by atoms with van der Waals surface area (Å²) in [6.45, 7) is 3.37. The minimum absolute atomic E-state index is 0.0659. The molecule has 1 aromatic carbocycles. The molecule has 0 radical (unpaired) electrons. The smallest absolute Gasteiger partial charge is 0.241 e. The Labute approximate surface area is 170 Å². The van der Waals surface area contributed by atoms with Crippen molar-refractivity contribution < 1.29 is 13.9 Å². The van der Waals surface area contributed by atoms with Crippen LogP contribution in [-0.2, 0) is 4.79 Å². The van der Waals surface area contributed by atoms with Crippen LogP contribution in [0, 0.1) is 11.7 Å². The minimum atomic E-state index is -0.361. The molecule has 0 spiro atoms. The van der Waals surface area contributed by atoms with Crippen LogP contribution in [0.1, 0.15) is 37.3 Å². The third-order valence-corrected chi connectivity index (χ3v) is 5.89. The first-order valence-corrected chi connectivity index (χ1v) is 10.3. The summed E-state index contributed by atoms with van der Waals surface area (Å²) in [7, 11) is 2.10. The van der Waals surface area contributed by atoms with Crippen LogP contribution in [0.5, 0.6) is 11.6 Å². The topological polar surface area (TPSA) is 58.6 Å². The quantitative estimate of drug-likeness (QED) is 0.790. The van der Waals surface area contributed by atoms with Crippen LogP contribution in [-0.4, -0.2) is 58.9 Å². The van der Waals surface area contributed by atoms with Gasteiger partial charge in [-0.3, -0.25) is 9.78 Å². The number of aromatic nitrogens is 2. The van der Waals surface area contributed by atoms with Crippen LogP contribution >= 0.6 is 0 Å². The van der Waals surface area contributed by atoms with E-state index in [1.165, 1.54) is 12.1 Å². The third kappa shape index (κ3) is 4.72. The predicted molar refractivity (Wildman–Crippen MR) is 107 cm³/mol. The van der Waals surface area contributed by atoms with Crippen molar-refractivity contribution in [3.63, 3.8) is 0 Å². The molecule has 1 atom stereocenters. The predicted octanol–water partition coefficient (Wildman–Crippen LogP) is 3.46. The van der Waals surface area contributed by atoms with Gasteiger partial charge in [0.15, 0.2) is 0 Å². The zero-order valence-corrected chi connectivity index (χ0v) is 16.8. The van der Waals surface area contributed by atoms with E-state index in [0.29, 0.717) is 18.2 Å². The molecule has 2 saturated heterocycles. The van der Waals surface area contributed by atoms with Crippen LogP contribution in [0.2, 0.25) is 0 Å². The standard InChI is InChI=1S/C22H27FN4O2/c1-26-12-7-16(8-13-26)22(28)27-11-3-4-17(15-27)20-21(25-10-9-24-20)29-19-6-2-5-18(23)14-19/h2,5-6,9-10,14,16-17H,3-4,7-8,11-13,15H2,1H3. The number of piperidine rings is 2. The van der Waals surface area contributed by atoms with E-state index in [9.17, 15) is 9.18 Å². The van der Waals surface area contributed by atoms with Gasteiger partial charge in [0, 0.05) is 43.4 Å². The normalized spacial score (nSPS) is 21.2. The second kappa shape index (κ2) is 8.86. The molecule has 7 heteroatoms. The Balaban J connectivity index is 1.48. The molecule has 4 rings (SSSR count). The van der Waals surface area contributed by atoms with E-state index < -0.39 is 0 Å². The average Bonchev–Trinajstić information content (AvgIpc) is 2.74.